The minimum absolute atomic E-state index is 0.544. The maximum Gasteiger partial charge on any atom is 0.534 e. The highest BCUT2D eigenvalue weighted by atomic mass is 16.8. The molecule has 0 rings (SSSR count). The Morgan fingerprint density at radius 3 is 1.85 bits per heavy atom. The van der Waals surface area contributed by atoms with Gasteiger partial charge in [0.2, 0.25) is 0 Å². The average molecular weight is 287 g/mol. The normalized spacial score (nSPS) is 13.2. The number of rotatable bonds is 2. The van der Waals surface area contributed by atoms with E-state index in [0.29, 0.717) is 0 Å². The second-order valence-electron chi connectivity index (χ2n) is 6.34. The van der Waals surface area contributed by atoms with E-state index in [-0.39, 0.29) is 0 Å². The van der Waals surface area contributed by atoms with Crippen molar-refractivity contribution in [1.29, 1.82) is 0 Å². The van der Waals surface area contributed by atoms with Crippen molar-refractivity contribution in [3.8, 4) is 0 Å². The molecular weight excluding hydrogens is 262 g/mol. The van der Waals surface area contributed by atoms with Crippen LogP contribution in [0.15, 0.2) is 12.7 Å². The first-order valence-corrected chi connectivity index (χ1v) is 6.41. The summed E-state index contributed by atoms with van der Waals surface area (Å²) in [5.41, 5.74) is -1.42. The number of nitrogens with zero attached hydrogens (tertiary/aromatic N) is 1. The predicted octanol–water partition coefficient (Wildman–Crippen LogP) is 3.66. The zero-order valence-corrected chi connectivity index (χ0v) is 13.4. The molecular formula is C14H25NO5. The summed E-state index contributed by atoms with van der Waals surface area (Å²) in [7, 11) is 0. The molecule has 20 heavy (non-hydrogen) atoms. The topological polar surface area (TPSA) is 65.1 Å². The van der Waals surface area contributed by atoms with Crippen molar-refractivity contribution in [3.63, 3.8) is 0 Å². The molecule has 0 aliphatic rings. The summed E-state index contributed by atoms with van der Waals surface area (Å²) >= 11 is 0. The molecule has 1 amide bonds. The largest absolute Gasteiger partial charge is 0.534 e. The third-order valence-corrected chi connectivity index (χ3v) is 1.85. The molecule has 0 aromatic rings. The van der Waals surface area contributed by atoms with Gasteiger partial charge in [0.15, 0.2) is 0 Å². The van der Waals surface area contributed by atoms with Crippen LogP contribution in [0.2, 0.25) is 0 Å². The van der Waals surface area contributed by atoms with Gasteiger partial charge in [0.1, 0.15) is 11.2 Å². The Labute approximate surface area is 120 Å². The first-order chi connectivity index (χ1) is 8.85. The molecule has 6 nitrogen and oxygen atoms in total. The van der Waals surface area contributed by atoms with Gasteiger partial charge in [-0.25, -0.2) is 9.59 Å². The molecule has 0 saturated heterocycles. The van der Waals surface area contributed by atoms with Crippen molar-refractivity contribution in [2.45, 2.75) is 65.7 Å². The van der Waals surface area contributed by atoms with Crippen LogP contribution >= 0.6 is 0 Å². The van der Waals surface area contributed by atoms with Crippen LogP contribution < -0.4 is 0 Å². The molecule has 0 aromatic heterocycles. The number of hydroxylamine groups is 2. The van der Waals surface area contributed by atoms with Crippen LogP contribution in [0.4, 0.5) is 9.59 Å². The molecule has 116 valence electrons. The van der Waals surface area contributed by atoms with Crippen LogP contribution in [0.1, 0.15) is 48.5 Å². The zero-order valence-electron chi connectivity index (χ0n) is 13.4. The van der Waals surface area contributed by atoms with Crippen molar-refractivity contribution in [2.24, 2.45) is 0 Å². The van der Waals surface area contributed by atoms with Gasteiger partial charge in [0, 0.05) is 0 Å². The van der Waals surface area contributed by atoms with Gasteiger partial charge in [0.05, 0.1) is 6.04 Å². The van der Waals surface area contributed by atoms with Gasteiger partial charge in [-0.1, -0.05) is 6.08 Å². The molecule has 0 heterocycles. The highest BCUT2D eigenvalue weighted by Gasteiger charge is 2.30. The van der Waals surface area contributed by atoms with E-state index in [1.807, 2.05) is 0 Å². The summed E-state index contributed by atoms with van der Waals surface area (Å²) in [5, 5.41) is 0.798. The van der Waals surface area contributed by atoms with Crippen molar-refractivity contribution in [2.75, 3.05) is 0 Å². The maximum absolute atomic E-state index is 12.0. The van der Waals surface area contributed by atoms with Gasteiger partial charge in [-0.05, 0) is 48.5 Å². The Balaban J connectivity index is 4.87. The lowest BCUT2D eigenvalue weighted by Crippen LogP contribution is -2.43. The Morgan fingerprint density at radius 1 is 1.05 bits per heavy atom. The minimum Gasteiger partial charge on any atom is -0.442 e. The van der Waals surface area contributed by atoms with Gasteiger partial charge >= 0.3 is 12.2 Å². The van der Waals surface area contributed by atoms with E-state index in [0.717, 1.165) is 5.06 Å². The standard InChI is InChI=1S/C14H25NO5/c1-9-10(2)15(11(16)18-13(3,4)5)20-12(17)19-14(6,7)8/h9-10H,1H2,2-8H3. The van der Waals surface area contributed by atoms with E-state index in [9.17, 15) is 9.59 Å². The molecule has 0 aliphatic heterocycles. The summed E-state index contributed by atoms with van der Waals surface area (Å²) < 4.78 is 10.2. The summed E-state index contributed by atoms with van der Waals surface area (Å²) in [5.74, 6) is 0. The van der Waals surface area contributed by atoms with Crippen LogP contribution in [0.5, 0.6) is 0 Å². The molecule has 0 saturated carbocycles. The molecule has 0 aliphatic carbocycles. The molecule has 0 N–H and O–H groups in total. The number of hydrogen-bond acceptors (Lipinski definition) is 5. The molecule has 0 fully saturated rings. The average Bonchev–Trinajstić information content (AvgIpc) is 2.19. The predicted molar refractivity (Wildman–Crippen MR) is 75.1 cm³/mol. The molecule has 0 spiro atoms. The zero-order chi connectivity index (χ0) is 16.1. The van der Waals surface area contributed by atoms with Crippen LogP contribution in [-0.4, -0.2) is 34.6 Å². The Kier molecular flexibility index (Phi) is 6.06. The summed E-state index contributed by atoms with van der Waals surface area (Å²) in [6.07, 6.45) is -0.304. The van der Waals surface area contributed by atoms with Crippen LogP contribution in [0.25, 0.3) is 0 Å². The molecule has 0 aromatic carbocycles. The van der Waals surface area contributed by atoms with E-state index in [2.05, 4.69) is 6.58 Å². The number of amides is 1. The van der Waals surface area contributed by atoms with Crippen LogP contribution in [0.3, 0.4) is 0 Å². The van der Waals surface area contributed by atoms with Gasteiger partial charge in [0.25, 0.3) is 0 Å². The fourth-order valence-electron chi connectivity index (χ4n) is 1.04. The summed E-state index contributed by atoms with van der Waals surface area (Å²) in [6.45, 7) is 15.4. The molecule has 0 radical (unpaired) electrons. The van der Waals surface area contributed by atoms with Crippen LogP contribution in [0, 0.1) is 0 Å². The lowest BCUT2D eigenvalue weighted by Gasteiger charge is -2.29. The Bertz CT molecular complexity index is 365. The highest BCUT2D eigenvalue weighted by Crippen LogP contribution is 2.15. The van der Waals surface area contributed by atoms with Gasteiger partial charge in [-0.3, -0.25) is 4.84 Å². The summed E-state index contributed by atoms with van der Waals surface area (Å²) in [6, 6.07) is -0.544. The smallest absolute Gasteiger partial charge is 0.442 e. The quantitative estimate of drug-likeness (QED) is 0.440. The first-order valence-electron chi connectivity index (χ1n) is 6.41. The number of ether oxygens (including phenoxy) is 2. The van der Waals surface area contributed by atoms with E-state index in [1.54, 1.807) is 48.5 Å². The van der Waals surface area contributed by atoms with Crippen molar-refractivity contribution < 1.29 is 23.9 Å². The van der Waals surface area contributed by atoms with Gasteiger partial charge < -0.3 is 9.47 Å². The monoisotopic (exact) mass is 287 g/mol. The number of carbonyl (C=O) groups is 2. The molecule has 6 heteroatoms. The van der Waals surface area contributed by atoms with Gasteiger partial charge in [-0.15, -0.1) is 11.6 Å². The van der Waals surface area contributed by atoms with E-state index >= 15 is 0 Å². The Hall–Kier alpha value is -1.72. The number of carbonyl (C=O) groups excluding carboxylic acids is 2. The fraction of sp³-hybridized carbons (Fsp3) is 0.714. The van der Waals surface area contributed by atoms with Crippen molar-refractivity contribution in [3.05, 3.63) is 12.7 Å². The second-order valence-corrected chi connectivity index (χ2v) is 6.34. The second kappa shape index (κ2) is 6.63. The molecule has 1 atom stereocenters. The molecule has 0 bridgehead atoms. The van der Waals surface area contributed by atoms with Crippen molar-refractivity contribution in [1.82, 2.24) is 5.06 Å². The van der Waals surface area contributed by atoms with E-state index in [1.165, 1.54) is 6.08 Å². The van der Waals surface area contributed by atoms with E-state index in [4.69, 9.17) is 14.3 Å². The first kappa shape index (κ1) is 18.3. The highest BCUT2D eigenvalue weighted by molar-refractivity contribution is 5.70. The molecule has 1 unspecified atom stereocenters. The minimum atomic E-state index is -0.975. The van der Waals surface area contributed by atoms with Gasteiger partial charge in [-0.2, -0.15) is 0 Å². The summed E-state index contributed by atoms with van der Waals surface area (Å²) in [4.78, 5) is 28.5. The maximum atomic E-state index is 12.0. The lowest BCUT2D eigenvalue weighted by molar-refractivity contribution is -0.145. The van der Waals surface area contributed by atoms with Crippen molar-refractivity contribution >= 4 is 12.2 Å². The van der Waals surface area contributed by atoms with E-state index < -0.39 is 29.5 Å². The van der Waals surface area contributed by atoms with Crippen LogP contribution in [-0.2, 0) is 14.3 Å². The lowest BCUT2D eigenvalue weighted by atomic mass is 10.2. The number of hydrogen-bond donors (Lipinski definition) is 0. The third-order valence-electron chi connectivity index (χ3n) is 1.85. The SMILES string of the molecule is C=CC(C)N(OC(=O)OC(C)(C)C)C(=O)OC(C)(C)C. The fourth-order valence-corrected chi connectivity index (χ4v) is 1.04. The third kappa shape index (κ3) is 7.66. The Morgan fingerprint density at radius 2 is 1.50 bits per heavy atom.